The maximum Gasteiger partial charge on any atom is 0.326 e. The van der Waals surface area contributed by atoms with E-state index in [9.17, 15) is 9.70 Å². The highest BCUT2D eigenvalue weighted by molar-refractivity contribution is 14.1. The second-order valence-electron chi connectivity index (χ2n) is 9.52. The number of carbonyl (C=O) groups is 1. The fourth-order valence-electron chi connectivity index (χ4n) is 4.05. The minimum absolute atomic E-state index is 0.213. The predicted molar refractivity (Wildman–Crippen MR) is 150 cm³/mol. The number of nitrogens with zero attached hydrogens (tertiary/aromatic N) is 2. The minimum atomic E-state index is -0.257. The largest absolute Gasteiger partial charge is 0.326 e. The smallest absolute Gasteiger partial charge is 0.307 e. The maximum absolute atomic E-state index is 13.9. The standard InChI is InChI=1S/C28H32IN3O2/c1-7-20-8-14-23(15-9-20)32(19(3)21-10-12-22(29)13-11-21)27(33)30-26-18(2)25(31-34)17-16-24(26)28(4,5)6/h8-17,19H,7H2,1-6H3,(H,30,33)/t19-/m0/s1. The molecule has 0 fully saturated rings. The molecule has 3 aromatic carbocycles. The molecule has 1 atom stereocenters. The van der Waals surface area contributed by atoms with Crippen LogP contribution in [0.5, 0.6) is 0 Å². The lowest BCUT2D eigenvalue weighted by atomic mass is 9.84. The Balaban J connectivity index is 2.09. The molecule has 0 unspecified atom stereocenters. The van der Waals surface area contributed by atoms with E-state index in [1.807, 2.05) is 44.2 Å². The molecule has 1 N–H and O–H groups in total. The monoisotopic (exact) mass is 569 g/mol. The summed E-state index contributed by atoms with van der Waals surface area (Å²) in [6.07, 6.45) is 0.929. The van der Waals surface area contributed by atoms with Crippen molar-refractivity contribution < 1.29 is 4.79 Å². The maximum atomic E-state index is 13.9. The van der Waals surface area contributed by atoms with Gasteiger partial charge in [0, 0.05) is 14.8 Å². The van der Waals surface area contributed by atoms with Crippen LogP contribution in [0.15, 0.2) is 65.8 Å². The molecule has 2 amide bonds. The number of benzene rings is 3. The van der Waals surface area contributed by atoms with Crippen molar-refractivity contribution in [1.82, 2.24) is 0 Å². The van der Waals surface area contributed by atoms with Crippen molar-refractivity contribution in [2.24, 2.45) is 5.18 Å². The summed E-state index contributed by atoms with van der Waals surface area (Å²) in [4.78, 5) is 27.0. The topological polar surface area (TPSA) is 61.8 Å². The van der Waals surface area contributed by atoms with Crippen LogP contribution in [0.3, 0.4) is 0 Å². The van der Waals surface area contributed by atoms with E-state index < -0.39 is 0 Å². The van der Waals surface area contributed by atoms with E-state index in [4.69, 9.17) is 0 Å². The third-order valence-corrected chi connectivity index (χ3v) is 6.88. The third-order valence-electron chi connectivity index (χ3n) is 6.16. The molecule has 178 valence electrons. The van der Waals surface area contributed by atoms with E-state index >= 15 is 0 Å². The van der Waals surface area contributed by atoms with Gasteiger partial charge in [-0.1, -0.05) is 58.0 Å². The molecule has 3 aromatic rings. The van der Waals surface area contributed by atoms with E-state index in [0.717, 1.165) is 26.8 Å². The van der Waals surface area contributed by atoms with Crippen LogP contribution >= 0.6 is 22.6 Å². The van der Waals surface area contributed by atoms with Gasteiger partial charge in [-0.3, -0.25) is 4.90 Å². The second kappa shape index (κ2) is 10.7. The Morgan fingerprint density at radius 3 is 2.18 bits per heavy atom. The van der Waals surface area contributed by atoms with Crippen LogP contribution in [0, 0.1) is 15.4 Å². The predicted octanol–water partition coefficient (Wildman–Crippen LogP) is 8.66. The Hall–Kier alpha value is -2.74. The Labute approximate surface area is 216 Å². The van der Waals surface area contributed by atoms with E-state index in [2.05, 4.69) is 85.0 Å². The third kappa shape index (κ3) is 5.66. The highest BCUT2D eigenvalue weighted by atomic mass is 127. The van der Waals surface area contributed by atoms with Crippen molar-refractivity contribution in [3.8, 4) is 0 Å². The number of urea groups is 1. The average molecular weight is 569 g/mol. The first-order valence-corrected chi connectivity index (χ1v) is 12.6. The number of amides is 2. The molecule has 6 heteroatoms. The molecule has 0 heterocycles. The van der Waals surface area contributed by atoms with Crippen molar-refractivity contribution in [2.75, 3.05) is 10.2 Å². The van der Waals surface area contributed by atoms with Crippen LogP contribution in [0.25, 0.3) is 0 Å². The van der Waals surface area contributed by atoms with Crippen LogP contribution < -0.4 is 10.2 Å². The van der Waals surface area contributed by atoms with Gasteiger partial charge in [0.05, 0.1) is 11.7 Å². The van der Waals surface area contributed by atoms with Gasteiger partial charge in [-0.05, 0) is 100 Å². The van der Waals surface area contributed by atoms with E-state index in [-0.39, 0.29) is 17.5 Å². The first-order valence-electron chi connectivity index (χ1n) is 11.5. The summed E-state index contributed by atoms with van der Waals surface area (Å²) in [5.74, 6) is 0. The Morgan fingerprint density at radius 2 is 1.65 bits per heavy atom. The lowest BCUT2D eigenvalue weighted by Crippen LogP contribution is -2.38. The summed E-state index contributed by atoms with van der Waals surface area (Å²) < 4.78 is 1.14. The van der Waals surface area contributed by atoms with Crippen LogP contribution in [0.2, 0.25) is 0 Å². The molecule has 0 aliphatic heterocycles. The molecule has 0 aromatic heterocycles. The first-order chi connectivity index (χ1) is 16.1. The van der Waals surface area contributed by atoms with Crippen LogP contribution in [0.4, 0.5) is 21.9 Å². The first kappa shape index (κ1) is 25.9. The van der Waals surface area contributed by atoms with Crippen molar-refractivity contribution >= 4 is 45.7 Å². The lowest BCUT2D eigenvalue weighted by molar-refractivity contribution is 0.255. The summed E-state index contributed by atoms with van der Waals surface area (Å²) in [5, 5.41) is 6.29. The molecule has 0 saturated heterocycles. The van der Waals surface area contributed by atoms with Crippen molar-refractivity contribution in [1.29, 1.82) is 0 Å². The number of halogens is 1. The van der Waals surface area contributed by atoms with Crippen molar-refractivity contribution in [3.05, 3.63) is 91.4 Å². The number of aryl methyl sites for hydroxylation is 1. The highest BCUT2D eigenvalue weighted by Crippen LogP contribution is 2.38. The number of nitrogens with one attached hydrogen (secondary N) is 1. The zero-order valence-electron chi connectivity index (χ0n) is 20.6. The van der Waals surface area contributed by atoms with Gasteiger partial charge in [-0.25, -0.2) is 4.79 Å². The number of hydrogen-bond acceptors (Lipinski definition) is 3. The van der Waals surface area contributed by atoms with Gasteiger partial charge < -0.3 is 5.32 Å². The summed E-state index contributed by atoms with van der Waals surface area (Å²) in [5.41, 5.74) is 5.40. The molecule has 0 spiro atoms. The summed E-state index contributed by atoms with van der Waals surface area (Å²) >= 11 is 2.28. The number of rotatable bonds is 6. The normalized spacial score (nSPS) is 12.2. The Bertz CT molecular complexity index is 1170. The molecular formula is C28H32IN3O2. The van der Waals surface area contributed by atoms with Gasteiger partial charge in [0.2, 0.25) is 0 Å². The van der Waals surface area contributed by atoms with Gasteiger partial charge in [0.25, 0.3) is 0 Å². The van der Waals surface area contributed by atoms with Crippen LogP contribution in [0.1, 0.15) is 62.9 Å². The molecule has 0 bridgehead atoms. The summed E-state index contributed by atoms with van der Waals surface area (Å²) in [6.45, 7) is 12.2. The number of anilines is 2. The van der Waals surface area contributed by atoms with Crippen LogP contribution in [-0.2, 0) is 11.8 Å². The molecule has 0 aliphatic rings. The number of nitroso groups, excluding NO2 is 1. The van der Waals surface area contributed by atoms with E-state index in [0.29, 0.717) is 16.9 Å². The van der Waals surface area contributed by atoms with Gasteiger partial charge in [0.1, 0.15) is 5.69 Å². The summed E-state index contributed by atoms with van der Waals surface area (Å²) in [6, 6.07) is 19.4. The lowest BCUT2D eigenvalue weighted by Gasteiger charge is -2.32. The second-order valence-corrected chi connectivity index (χ2v) is 10.8. The van der Waals surface area contributed by atoms with Gasteiger partial charge in [-0.15, -0.1) is 4.91 Å². The summed E-state index contributed by atoms with van der Waals surface area (Å²) in [7, 11) is 0. The molecule has 34 heavy (non-hydrogen) atoms. The molecule has 0 saturated carbocycles. The Morgan fingerprint density at radius 1 is 1.03 bits per heavy atom. The molecule has 0 aliphatic carbocycles. The SMILES string of the molecule is CCc1ccc(N(C(=O)Nc2c(C(C)(C)C)ccc(N=O)c2C)[C@@H](C)c2ccc(I)cc2)cc1. The molecular weight excluding hydrogens is 537 g/mol. The zero-order valence-corrected chi connectivity index (χ0v) is 22.8. The minimum Gasteiger partial charge on any atom is -0.307 e. The number of hydrogen-bond donors (Lipinski definition) is 1. The molecule has 0 radical (unpaired) electrons. The fourth-order valence-corrected chi connectivity index (χ4v) is 4.41. The zero-order chi connectivity index (χ0) is 25.0. The van der Waals surface area contributed by atoms with Gasteiger partial charge in [-0.2, -0.15) is 0 Å². The highest BCUT2D eigenvalue weighted by Gasteiger charge is 2.27. The number of carbonyl (C=O) groups excluding carboxylic acids is 1. The van der Waals surface area contributed by atoms with Crippen molar-refractivity contribution in [3.63, 3.8) is 0 Å². The fraction of sp³-hybridized carbons (Fsp3) is 0.321. The van der Waals surface area contributed by atoms with Crippen molar-refractivity contribution in [2.45, 2.75) is 59.4 Å². The Kier molecular flexibility index (Phi) is 8.13. The van der Waals surface area contributed by atoms with E-state index in [1.54, 1.807) is 11.0 Å². The quantitative estimate of drug-likeness (QED) is 0.239. The average Bonchev–Trinajstić information content (AvgIpc) is 2.80. The van der Waals surface area contributed by atoms with Gasteiger partial charge >= 0.3 is 6.03 Å². The van der Waals surface area contributed by atoms with E-state index in [1.165, 1.54) is 5.56 Å². The molecule has 3 rings (SSSR count). The van der Waals surface area contributed by atoms with Crippen LogP contribution in [-0.4, -0.2) is 6.03 Å². The van der Waals surface area contributed by atoms with Gasteiger partial charge in [0.15, 0.2) is 0 Å². The molecule has 5 nitrogen and oxygen atoms in total.